The second kappa shape index (κ2) is 2.06. The first kappa shape index (κ1) is 5.86. The Labute approximate surface area is 63.3 Å². The van der Waals surface area contributed by atoms with E-state index in [-0.39, 0.29) is 0 Å². The maximum absolute atomic E-state index is 4.05. The molecular weight excluding hydrogens is 142 g/mol. The molecule has 0 N–H and O–H groups in total. The van der Waals surface area contributed by atoms with E-state index in [1.54, 1.807) is 11.3 Å². The molecule has 0 atom stereocenters. The maximum Gasteiger partial charge on any atom is 0.0357 e. The third-order valence-corrected chi connectivity index (χ3v) is 2.54. The minimum Gasteiger partial charge on any atom is -0.264 e. The van der Waals surface area contributed by atoms with Crippen molar-refractivity contribution in [2.45, 2.75) is 6.92 Å². The van der Waals surface area contributed by atoms with Crippen molar-refractivity contribution in [2.75, 3.05) is 0 Å². The summed E-state index contributed by atoms with van der Waals surface area (Å²) < 4.78 is 0. The number of fused-ring (bicyclic) bond motifs is 1. The van der Waals surface area contributed by atoms with E-state index in [9.17, 15) is 0 Å². The van der Waals surface area contributed by atoms with Gasteiger partial charge < -0.3 is 0 Å². The molecule has 10 heavy (non-hydrogen) atoms. The van der Waals surface area contributed by atoms with Crippen LogP contribution in [0.5, 0.6) is 0 Å². The SMILES string of the molecule is Cc1scc2ccncc12. The van der Waals surface area contributed by atoms with Gasteiger partial charge in [-0.05, 0) is 23.8 Å². The number of hydrogen-bond acceptors (Lipinski definition) is 2. The largest absolute Gasteiger partial charge is 0.264 e. The predicted octanol–water partition coefficient (Wildman–Crippen LogP) is 2.60. The molecule has 2 aromatic rings. The summed E-state index contributed by atoms with van der Waals surface area (Å²) >= 11 is 1.78. The van der Waals surface area contributed by atoms with Gasteiger partial charge in [-0.25, -0.2) is 0 Å². The van der Waals surface area contributed by atoms with E-state index in [2.05, 4.69) is 17.3 Å². The summed E-state index contributed by atoms with van der Waals surface area (Å²) in [6.07, 6.45) is 3.75. The van der Waals surface area contributed by atoms with Crippen molar-refractivity contribution in [3.8, 4) is 0 Å². The summed E-state index contributed by atoms with van der Waals surface area (Å²) in [7, 11) is 0. The van der Waals surface area contributed by atoms with Gasteiger partial charge in [0.15, 0.2) is 0 Å². The highest BCUT2D eigenvalue weighted by Crippen LogP contribution is 2.22. The molecule has 0 aliphatic rings. The van der Waals surface area contributed by atoms with Crippen LogP contribution in [0.3, 0.4) is 0 Å². The summed E-state index contributed by atoms with van der Waals surface area (Å²) in [5, 5.41) is 4.75. The first-order valence-electron chi connectivity index (χ1n) is 3.16. The molecule has 0 amide bonds. The summed E-state index contributed by atoms with van der Waals surface area (Å²) in [5.74, 6) is 0. The third-order valence-electron chi connectivity index (χ3n) is 1.60. The molecule has 0 spiro atoms. The molecular formula is C8H7NS. The van der Waals surface area contributed by atoms with E-state index in [0.29, 0.717) is 0 Å². The lowest BCUT2D eigenvalue weighted by molar-refractivity contribution is 1.36. The topological polar surface area (TPSA) is 12.9 Å². The van der Waals surface area contributed by atoms with Crippen LogP contribution in [0.25, 0.3) is 10.8 Å². The first-order chi connectivity index (χ1) is 4.88. The van der Waals surface area contributed by atoms with Crippen LogP contribution in [0.2, 0.25) is 0 Å². The van der Waals surface area contributed by atoms with Crippen LogP contribution in [-0.2, 0) is 0 Å². The van der Waals surface area contributed by atoms with Crippen LogP contribution in [0.1, 0.15) is 4.88 Å². The zero-order valence-corrected chi connectivity index (χ0v) is 6.48. The number of pyridine rings is 1. The fourth-order valence-electron chi connectivity index (χ4n) is 1.02. The standard InChI is InChI=1S/C8H7NS/c1-6-8-4-9-3-2-7(8)5-10-6/h2-5H,1H3. The number of aromatic nitrogens is 1. The molecule has 0 radical (unpaired) electrons. The lowest BCUT2D eigenvalue weighted by Crippen LogP contribution is -1.68. The molecule has 0 bridgehead atoms. The van der Waals surface area contributed by atoms with Gasteiger partial charge >= 0.3 is 0 Å². The number of aryl methyl sites for hydroxylation is 1. The van der Waals surface area contributed by atoms with Crippen LogP contribution < -0.4 is 0 Å². The van der Waals surface area contributed by atoms with E-state index in [4.69, 9.17) is 0 Å². The van der Waals surface area contributed by atoms with Crippen LogP contribution in [0.15, 0.2) is 23.8 Å². The van der Waals surface area contributed by atoms with Crippen molar-refractivity contribution in [3.63, 3.8) is 0 Å². The quantitative estimate of drug-likeness (QED) is 0.561. The normalized spacial score (nSPS) is 10.5. The molecule has 0 saturated carbocycles. The molecule has 0 aromatic carbocycles. The Balaban J connectivity index is 2.93. The predicted molar refractivity (Wildman–Crippen MR) is 44.4 cm³/mol. The number of hydrogen-bond donors (Lipinski definition) is 0. The molecule has 0 saturated heterocycles. The zero-order valence-electron chi connectivity index (χ0n) is 5.66. The van der Waals surface area contributed by atoms with Gasteiger partial charge in [-0.3, -0.25) is 4.98 Å². The molecule has 0 aliphatic carbocycles. The van der Waals surface area contributed by atoms with E-state index in [1.165, 1.54) is 15.6 Å². The Morgan fingerprint density at radius 1 is 1.50 bits per heavy atom. The van der Waals surface area contributed by atoms with Crippen molar-refractivity contribution in [3.05, 3.63) is 28.7 Å². The van der Waals surface area contributed by atoms with Crippen LogP contribution in [0, 0.1) is 6.92 Å². The Bertz CT molecular complexity index is 351. The van der Waals surface area contributed by atoms with Gasteiger partial charge in [0.2, 0.25) is 0 Å². The number of nitrogens with zero attached hydrogens (tertiary/aromatic N) is 1. The van der Waals surface area contributed by atoms with Gasteiger partial charge in [0.1, 0.15) is 0 Å². The molecule has 2 heterocycles. The highest BCUT2D eigenvalue weighted by Gasteiger charge is 1.96. The van der Waals surface area contributed by atoms with Crippen LogP contribution in [-0.4, -0.2) is 4.98 Å². The molecule has 1 nitrogen and oxygen atoms in total. The average Bonchev–Trinajstić information content (AvgIpc) is 2.34. The van der Waals surface area contributed by atoms with E-state index in [0.717, 1.165) is 0 Å². The van der Waals surface area contributed by atoms with Gasteiger partial charge in [-0.1, -0.05) is 0 Å². The summed E-state index contributed by atoms with van der Waals surface area (Å²) in [5.41, 5.74) is 0. The minimum atomic E-state index is 1.28. The Morgan fingerprint density at radius 2 is 2.40 bits per heavy atom. The second-order valence-electron chi connectivity index (χ2n) is 2.25. The van der Waals surface area contributed by atoms with E-state index >= 15 is 0 Å². The fourth-order valence-corrected chi connectivity index (χ4v) is 1.82. The highest BCUT2D eigenvalue weighted by atomic mass is 32.1. The molecule has 50 valence electrons. The van der Waals surface area contributed by atoms with Crippen molar-refractivity contribution < 1.29 is 0 Å². The smallest absolute Gasteiger partial charge is 0.0357 e. The average molecular weight is 149 g/mol. The molecule has 2 aromatic heterocycles. The van der Waals surface area contributed by atoms with Gasteiger partial charge in [-0.2, -0.15) is 0 Å². The molecule has 0 aliphatic heterocycles. The van der Waals surface area contributed by atoms with Gasteiger partial charge in [0, 0.05) is 22.7 Å². The van der Waals surface area contributed by atoms with Crippen molar-refractivity contribution in [1.29, 1.82) is 0 Å². The summed E-state index contributed by atoms with van der Waals surface area (Å²) in [6.45, 7) is 2.12. The third kappa shape index (κ3) is 0.727. The lowest BCUT2D eigenvalue weighted by Gasteiger charge is -1.86. The van der Waals surface area contributed by atoms with Crippen LogP contribution in [0.4, 0.5) is 0 Å². The van der Waals surface area contributed by atoms with E-state index in [1.807, 2.05) is 18.5 Å². The Morgan fingerprint density at radius 3 is 3.20 bits per heavy atom. The van der Waals surface area contributed by atoms with Gasteiger partial charge in [-0.15, -0.1) is 11.3 Å². The molecule has 2 heteroatoms. The molecule has 0 unspecified atom stereocenters. The summed E-state index contributed by atoms with van der Waals surface area (Å²) in [4.78, 5) is 5.40. The zero-order chi connectivity index (χ0) is 6.97. The molecule has 2 rings (SSSR count). The lowest BCUT2D eigenvalue weighted by atomic mass is 10.2. The molecule has 0 fully saturated rings. The first-order valence-corrected chi connectivity index (χ1v) is 4.04. The maximum atomic E-state index is 4.05. The van der Waals surface area contributed by atoms with Gasteiger partial charge in [0.25, 0.3) is 0 Å². The van der Waals surface area contributed by atoms with Crippen LogP contribution >= 0.6 is 11.3 Å². The monoisotopic (exact) mass is 149 g/mol. The second-order valence-corrected chi connectivity index (χ2v) is 3.34. The minimum absolute atomic E-state index is 1.28. The fraction of sp³-hybridized carbons (Fsp3) is 0.125. The summed E-state index contributed by atoms with van der Waals surface area (Å²) in [6, 6.07) is 2.04. The van der Waals surface area contributed by atoms with Crippen molar-refractivity contribution in [1.82, 2.24) is 4.98 Å². The van der Waals surface area contributed by atoms with Crippen molar-refractivity contribution >= 4 is 22.1 Å². The number of thiophene rings is 1. The Hall–Kier alpha value is -0.890. The highest BCUT2D eigenvalue weighted by molar-refractivity contribution is 7.11. The number of rotatable bonds is 0. The van der Waals surface area contributed by atoms with E-state index < -0.39 is 0 Å². The van der Waals surface area contributed by atoms with Gasteiger partial charge in [0.05, 0.1) is 0 Å². The van der Waals surface area contributed by atoms with Crippen molar-refractivity contribution in [2.24, 2.45) is 0 Å². The Kier molecular flexibility index (Phi) is 1.21.